The SMILES string of the molecule is O=CCSCCOc1ccccc1. The minimum Gasteiger partial charge on any atom is -0.493 e. The van der Waals surface area contributed by atoms with Gasteiger partial charge in [-0.25, -0.2) is 0 Å². The second-order valence-corrected chi connectivity index (χ2v) is 3.55. The summed E-state index contributed by atoms with van der Waals surface area (Å²) in [4.78, 5) is 9.98. The molecule has 0 bridgehead atoms. The van der Waals surface area contributed by atoms with Gasteiger partial charge in [0.05, 0.1) is 6.61 Å². The van der Waals surface area contributed by atoms with Gasteiger partial charge in [-0.1, -0.05) is 18.2 Å². The van der Waals surface area contributed by atoms with E-state index in [1.165, 1.54) is 0 Å². The van der Waals surface area contributed by atoms with E-state index in [-0.39, 0.29) is 0 Å². The highest BCUT2D eigenvalue weighted by atomic mass is 32.2. The van der Waals surface area contributed by atoms with Crippen LogP contribution in [0.1, 0.15) is 0 Å². The molecule has 1 aromatic rings. The fourth-order valence-corrected chi connectivity index (χ4v) is 1.33. The van der Waals surface area contributed by atoms with Crippen LogP contribution in [0, 0.1) is 0 Å². The first-order valence-corrected chi connectivity index (χ1v) is 5.28. The second-order valence-electron chi connectivity index (χ2n) is 2.40. The number of rotatable bonds is 6. The summed E-state index contributed by atoms with van der Waals surface area (Å²) < 4.78 is 5.42. The van der Waals surface area contributed by atoms with Crippen molar-refractivity contribution >= 4 is 18.0 Å². The van der Waals surface area contributed by atoms with Crippen molar-refractivity contribution in [3.63, 3.8) is 0 Å². The van der Waals surface area contributed by atoms with Gasteiger partial charge in [0.15, 0.2) is 0 Å². The molecule has 0 aliphatic heterocycles. The van der Waals surface area contributed by atoms with Crippen LogP contribution in [0.2, 0.25) is 0 Å². The molecular weight excluding hydrogens is 184 g/mol. The number of carbonyl (C=O) groups is 1. The van der Waals surface area contributed by atoms with E-state index in [1.54, 1.807) is 11.8 Å². The van der Waals surface area contributed by atoms with Crippen LogP contribution in [0.4, 0.5) is 0 Å². The molecule has 0 fully saturated rings. The van der Waals surface area contributed by atoms with Crippen LogP contribution in [0.15, 0.2) is 30.3 Å². The average molecular weight is 196 g/mol. The van der Waals surface area contributed by atoms with Crippen LogP contribution in [-0.2, 0) is 4.79 Å². The summed E-state index contributed by atoms with van der Waals surface area (Å²) in [5, 5.41) is 0. The smallest absolute Gasteiger partial charge is 0.129 e. The topological polar surface area (TPSA) is 26.3 Å². The van der Waals surface area contributed by atoms with Crippen LogP contribution < -0.4 is 4.74 Å². The Labute approximate surface area is 82.3 Å². The standard InChI is InChI=1S/C10H12O2S/c11-6-8-13-9-7-12-10-4-2-1-3-5-10/h1-6H,7-9H2. The predicted octanol–water partition coefficient (Wildman–Crippen LogP) is 2.00. The molecule has 3 heteroatoms. The number of aldehydes is 1. The van der Waals surface area contributed by atoms with E-state index in [9.17, 15) is 4.79 Å². The van der Waals surface area contributed by atoms with Gasteiger partial charge < -0.3 is 9.53 Å². The van der Waals surface area contributed by atoms with Gasteiger partial charge >= 0.3 is 0 Å². The highest BCUT2D eigenvalue weighted by Gasteiger charge is 1.91. The number of hydrogen-bond donors (Lipinski definition) is 0. The van der Waals surface area contributed by atoms with E-state index in [0.717, 1.165) is 17.8 Å². The maximum Gasteiger partial charge on any atom is 0.129 e. The van der Waals surface area contributed by atoms with Crippen molar-refractivity contribution in [3.8, 4) is 5.75 Å². The fraction of sp³-hybridized carbons (Fsp3) is 0.300. The van der Waals surface area contributed by atoms with Crippen LogP contribution in [0.5, 0.6) is 5.75 Å². The highest BCUT2D eigenvalue weighted by molar-refractivity contribution is 7.99. The van der Waals surface area contributed by atoms with Crippen molar-refractivity contribution in [2.75, 3.05) is 18.1 Å². The molecule has 0 aliphatic rings. The van der Waals surface area contributed by atoms with E-state index in [2.05, 4.69) is 0 Å². The molecule has 0 heterocycles. The highest BCUT2D eigenvalue weighted by Crippen LogP contribution is 2.08. The molecule has 0 aliphatic carbocycles. The molecule has 0 atom stereocenters. The van der Waals surface area contributed by atoms with E-state index < -0.39 is 0 Å². The molecule has 0 amide bonds. The van der Waals surface area contributed by atoms with Gasteiger partial charge in [-0.3, -0.25) is 0 Å². The number of para-hydroxylation sites is 1. The van der Waals surface area contributed by atoms with E-state index >= 15 is 0 Å². The molecule has 1 aromatic carbocycles. The van der Waals surface area contributed by atoms with Crippen LogP contribution in [-0.4, -0.2) is 24.4 Å². The normalized spacial score (nSPS) is 9.54. The number of ether oxygens (including phenoxy) is 1. The van der Waals surface area contributed by atoms with Crippen molar-refractivity contribution in [1.82, 2.24) is 0 Å². The number of thioether (sulfide) groups is 1. The third-order valence-corrected chi connectivity index (χ3v) is 2.25. The van der Waals surface area contributed by atoms with Gasteiger partial charge in [-0.2, -0.15) is 11.8 Å². The maximum atomic E-state index is 9.98. The third-order valence-electron chi connectivity index (χ3n) is 1.43. The second kappa shape index (κ2) is 6.54. The van der Waals surface area contributed by atoms with E-state index in [4.69, 9.17) is 4.74 Å². The number of benzene rings is 1. The summed E-state index contributed by atoms with van der Waals surface area (Å²) in [6.07, 6.45) is 0.910. The Morgan fingerprint density at radius 2 is 2.08 bits per heavy atom. The van der Waals surface area contributed by atoms with Gasteiger partial charge in [0.25, 0.3) is 0 Å². The van der Waals surface area contributed by atoms with Gasteiger partial charge in [0, 0.05) is 11.5 Å². The van der Waals surface area contributed by atoms with Crippen LogP contribution in [0.25, 0.3) is 0 Å². The Hall–Kier alpha value is -0.960. The molecule has 1 rings (SSSR count). The third kappa shape index (κ3) is 4.58. The molecule has 0 spiro atoms. The largest absolute Gasteiger partial charge is 0.493 e. The number of hydrogen-bond acceptors (Lipinski definition) is 3. The monoisotopic (exact) mass is 196 g/mol. The zero-order chi connectivity index (χ0) is 9.36. The molecular formula is C10H12O2S. The maximum absolute atomic E-state index is 9.98. The Bertz CT molecular complexity index is 236. The summed E-state index contributed by atoms with van der Waals surface area (Å²) in [5.74, 6) is 2.29. The van der Waals surface area contributed by atoms with Gasteiger partial charge in [0.2, 0.25) is 0 Å². The van der Waals surface area contributed by atoms with Gasteiger partial charge in [-0.15, -0.1) is 0 Å². The van der Waals surface area contributed by atoms with Crippen LogP contribution in [0.3, 0.4) is 0 Å². The first kappa shape index (κ1) is 10.1. The summed E-state index contributed by atoms with van der Waals surface area (Å²) in [5.41, 5.74) is 0. The Balaban J connectivity index is 2.10. The average Bonchev–Trinajstić information content (AvgIpc) is 2.19. The molecule has 0 saturated heterocycles. The van der Waals surface area contributed by atoms with E-state index in [0.29, 0.717) is 12.4 Å². The summed E-state index contributed by atoms with van der Waals surface area (Å²) in [6.45, 7) is 0.655. The summed E-state index contributed by atoms with van der Waals surface area (Å²) in [6, 6.07) is 9.67. The molecule has 0 saturated carbocycles. The lowest BCUT2D eigenvalue weighted by molar-refractivity contribution is -0.105. The van der Waals surface area contributed by atoms with Gasteiger partial charge in [0.1, 0.15) is 12.0 Å². The Kier molecular flexibility index (Phi) is 5.10. The molecule has 0 N–H and O–H groups in total. The lowest BCUT2D eigenvalue weighted by Gasteiger charge is -2.03. The molecule has 0 aromatic heterocycles. The molecule has 0 unspecified atom stereocenters. The first-order valence-electron chi connectivity index (χ1n) is 4.12. The van der Waals surface area contributed by atoms with Crippen LogP contribution >= 0.6 is 11.8 Å². The van der Waals surface area contributed by atoms with E-state index in [1.807, 2.05) is 30.3 Å². The molecule has 2 nitrogen and oxygen atoms in total. The predicted molar refractivity (Wildman–Crippen MR) is 55.3 cm³/mol. The zero-order valence-corrected chi connectivity index (χ0v) is 8.13. The lowest BCUT2D eigenvalue weighted by Crippen LogP contribution is -2.00. The van der Waals surface area contributed by atoms with Crippen molar-refractivity contribution in [2.24, 2.45) is 0 Å². The minimum atomic E-state index is 0.554. The fourth-order valence-electron chi connectivity index (χ4n) is 0.867. The summed E-state index contributed by atoms with van der Waals surface area (Å²) >= 11 is 1.58. The Morgan fingerprint density at radius 3 is 2.77 bits per heavy atom. The first-order chi connectivity index (χ1) is 6.43. The van der Waals surface area contributed by atoms with Crippen molar-refractivity contribution < 1.29 is 9.53 Å². The van der Waals surface area contributed by atoms with Crippen molar-refractivity contribution in [3.05, 3.63) is 30.3 Å². The lowest BCUT2D eigenvalue weighted by atomic mass is 10.3. The minimum absolute atomic E-state index is 0.554. The molecule has 13 heavy (non-hydrogen) atoms. The van der Waals surface area contributed by atoms with Crippen molar-refractivity contribution in [2.45, 2.75) is 0 Å². The molecule has 0 radical (unpaired) electrons. The quantitative estimate of drug-likeness (QED) is 0.514. The molecule has 70 valence electrons. The summed E-state index contributed by atoms with van der Waals surface area (Å²) in [7, 11) is 0. The number of carbonyl (C=O) groups excluding carboxylic acids is 1. The zero-order valence-electron chi connectivity index (χ0n) is 7.31. The van der Waals surface area contributed by atoms with Gasteiger partial charge in [-0.05, 0) is 12.1 Å². The Morgan fingerprint density at radius 1 is 1.31 bits per heavy atom. The van der Waals surface area contributed by atoms with Crippen molar-refractivity contribution in [1.29, 1.82) is 0 Å².